The van der Waals surface area contributed by atoms with E-state index in [1.807, 2.05) is 0 Å². The summed E-state index contributed by atoms with van der Waals surface area (Å²) in [7, 11) is 0. The van der Waals surface area contributed by atoms with Crippen LogP contribution >= 0.6 is 0 Å². The first-order chi connectivity index (χ1) is 16.0. The zero-order valence-electron chi connectivity index (χ0n) is 18.8. The summed E-state index contributed by atoms with van der Waals surface area (Å²) >= 11 is 0. The maximum atomic E-state index is 13.2. The summed E-state index contributed by atoms with van der Waals surface area (Å²) in [4.78, 5) is 74.2. The van der Waals surface area contributed by atoms with E-state index in [-0.39, 0.29) is 11.1 Å². The molecule has 2 heterocycles. The third kappa shape index (κ3) is 5.06. The third-order valence-electron chi connectivity index (χ3n) is 5.08. The van der Waals surface area contributed by atoms with E-state index in [1.165, 1.54) is 12.1 Å². The van der Waals surface area contributed by atoms with E-state index >= 15 is 0 Å². The fourth-order valence-corrected chi connectivity index (χ4v) is 3.90. The molecule has 0 radical (unpaired) electrons. The Morgan fingerprint density at radius 2 is 1.29 bits per heavy atom. The molecule has 0 saturated carbocycles. The lowest BCUT2D eigenvalue weighted by Gasteiger charge is -2.46. The monoisotopic (exact) mass is 477 g/mol. The largest absolute Gasteiger partial charge is 0.463 e. The van der Waals surface area contributed by atoms with Gasteiger partial charge in [0.1, 0.15) is 18.8 Å². The summed E-state index contributed by atoms with van der Waals surface area (Å²) in [5, 5.41) is 0. The maximum absolute atomic E-state index is 13.2. The number of nitrogens with zero attached hydrogens (tertiary/aromatic N) is 1. The average molecular weight is 477 g/mol. The van der Waals surface area contributed by atoms with Gasteiger partial charge >= 0.3 is 23.9 Å². The Labute approximate surface area is 194 Å². The Bertz CT molecular complexity index is 1000. The predicted octanol–water partition coefficient (Wildman–Crippen LogP) is 0.366. The highest BCUT2D eigenvalue weighted by atomic mass is 16.7. The van der Waals surface area contributed by atoms with Crippen molar-refractivity contribution in [2.45, 2.75) is 58.3 Å². The van der Waals surface area contributed by atoms with Gasteiger partial charge in [-0.3, -0.25) is 33.7 Å². The molecular formula is C22H23NO11. The second-order valence-corrected chi connectivity index (χ2v) is 7.62. The van der Waals surface area contributed by atoms with E-state index in [0.717, 1.165) is 32.6 Å². The molecule has 0 aromatic heterocycles. The molecule has 34 heavy (non-hydrogen) atoms. The summed E-state index contributed by atoms with van der Waals surface area (Å²) in [6, 6.07) is 4.49. The second-order valence-electron chi connectivity index (χ2n) is 7.62. The molecule has 3 unspecified atom stereocenters. The lowest BCUT2D eigenvalue weighted by Crippen LogP contribution is -2.67. The molecule has 2 aliphatic heterocycles. The van der Waals surface area contributed by atoms with Crippen LogP contribution in [0.25, 0.3) is 0 Å². The van der Waals surface area contributed by atoms with E-state index in [4.69, 9.17) is 23.7 Å². The number of benzene rings is 1. The van der Waals surface area contributed by atoms with Gasteiger partial charge in [0.05, 0.1) is 11.1 Å². The number of fused-ring (bicyclic) bond motifs is 1. The Hall–Kier alpha value is -3.80. The molecule has 0 N–H and O–H groups in total. The van der Waals surface area contributed by atoms with Crippen molar-refractivity contribution < 1.29 is 52.5 Å². The fourth-order valence-electron chi connectivity index (χ4n) is 3.90. The molecule has 2 amide bonds. The zero-order valence-corrected chi connectivity index (χ0v) is 18.8. The molecule has 1 aromatic rings. The molecule has 0 spiro atoms. The van der Waals surface area contributed by atoms with Crippen molar-refractivity contribution in [3.05, 3.63) is 35.4 Å². The van der Waals surface area contributed by atoms with Crippen molar-refractivity contribution in [3.63, 3.8) is 0 Å². The number of rotatable bonds is 6. The van der Waals surface area contributed by atoms with Crippen LogP contribution in [0.5, 0.6) is 0 Å². The number of carbonyl (C=O) groups is 6. The highest BCUT2D eigenvalue weighted by Gasteiger charge is 2.58. The van der Waals surface area contributed by atoms with E-state index < -0.39 is 72.9 Å². The standard InChI is InChI=1S/C22H23NO11/c1-10(24)30-9-16-18(31-11(2)25)19(32-12(3)26)17(22(34-16)33-13(4)27)23-20(28)14-7-5-6-8-15(14)21(23)29/h5-8,16-19,22H,9H2,1-4H3/t16-,17-,18?,19?,22?/m1/s1. The molecule has 1 aromatic carbocycles. The lowest BCUT2D eigenvalue weighted by atomic mass is 9.94. The first-order valence-corrected chi connectivity index (χ1v) is 10.3. The summed E-state index contributed by atoms with van der Waals surface area (Å²) in [6.45, 7) is 3.91. The van der Waals surface area contributed by atoms with Gasteiger partial charge in [0, 0.05) is 27.7 Å². The SMILES string of the molecule is CC(=O)OC[C@H]1OC(OC(C)=O)[C@H](N2C(=O)c3ccccc3C2=O)C(OC(C)=O)C1OC(C)=O. The summed E-state index contributed by atoms with van der Waals surface area (Å²) in [5.74, 6) is -4.64. The van der Waals surface area contributed by atoms with Crippen LogP contribution in [0.1, 0.15) is 48.4 Å². The third-order valence-corrected chi connectivity index (χ3v) is 5.08. The Morgan fingerprint density at radius 3 is 1.76 bits per heavy atom. The van der Waals surface area contributed by atoms with Crippen molar-refractivity contribution in [1.82, 2.24) is 4.90 Å². The number of hydrogen-bond donors (Lipinski definition) is 0. The molecule has 2 aliphatic rings. The van der Waals surface area contributed by atoms with Crippen LogP contribution < -0.4 is 0 Å². The normalized spacial score (nSPS) is 25.9. The van der Waals surface area contributed by atoms with Crippen molar-refractivity contribution in [1.29, 1.82) is 0 Å². The molecular weight excluding hydrogens is 454 g/mol. The lowest BCUT2D eigenvalue weighted by molar-refractivity contribution is -0.278. The smallest absolute Gasteiger partial charge is 0.305 e. The van der Waals surface area contributed by atoms with Gasteiger partial charge in [0.2, 0.25) is 6.29 Å². The van der Waals surface area contributed by atoms with Gasteiger partial charge in [0.15, 0.2) is 12.2 Å². The number of hydrogen-bond acceptors (Lipinski definition) is 11. The minimum atomic E-state index is -1.63. The van der Waals surface area contributed by atoms with E-state index in [9.17, 15) is 28.8 Å². The van der Waals surface area contributed by atoms with Crippen molar-refractivity contribution in [2.75, 3.05) is 6.61 Å². The first kappa shape index (κ1) is 24.8. The van der Waals surface area contributed by atoms with Gasteiger partial charge in [-0.25, -0.2) is 0 Å². The molecule has 1 saturated heterocycles. The van der Waals surface area contributed by atoms with Crippen molar-refractivity contribution >= 4 is 35.7 Å². The van der Waals surface area contributed by atoms with Gasteiger partial charge in [-0.05, 0) is 12.1 Å². The van der Waals surface area contributed by atoms with Gasteiger partial charge < -0.3 is 23.7 Å². The Morgan fingerprint density at radius 1 is 0.794 bits per heavy atom. The number of ether oxygens (including phenoxy) is 5. The molecule has 5 atom stereocenters. The van der Waals surface area contributed by atoms with Gasteiger partial charge in [-0.1, -0.05) is 12.1 Å². The quantitative estimate of drug-likeness (QED) is 0.317. The average Bonchev–Trinajstić information content (AvgIpc) is 2.98. The molecule has 0 aliphatic carbocycles. The molecule has 1 fully saturated rings. The molecule has 12 nitrogen and oxygen atoms in total. The maximum Gasteiger partial charge on any atom is 0.305 e. The summed E-state index contributed by atoms with van der Waals surface area (Å²) < 4.78 is 26.7. The van der Waals surface area contributed by atoms with Crippen LogP contribution in [-0.4, -0.2) is 77.8 Å². The van der Waals surface area contributed by atoms with Gasteiger partial charge in [-0.2, -0.15) is 0 Å². The van der Waals surface area contributed by atoms with E-state index in [0.29, 0.717) is 0 Å². The number of amides is 2. The second kappa shape index (κ2) is 10.00. The van der Waals surface area contributed by atoms with E-state index in [1.54, 1.807) is 12.1 Å². The molecule has 0 bridgehead atoms. The molecule has 182 valence electrons. The van der Waals surface area contributed by atoms with Gasteiger partial charge in [-0.15, -0.1) is 0 Å². The van der Waals surface area contributed by atoms with Crippen LogP contribution in [0.4, 0.5) is 0 Å². The summed E-state index contributed by atoms with van der Waals surface area (Å²) in [5.41, 5.74) is 0.170. The van der Waals surface area contributed by atoms with Crippen LogP contribution in [0.3, 0.4) is 0 Å². The zero-order chi connectivity index (χ0) is 25.2. The first-order valence-electron chi connectivity index (χ1n) is 10.3. The van der Waals surface area contributed by atoms with Gasteiger partial charge in [0.25, 0.3) is 11.8 Å². The van der Waals surface area contributed by atoms with Crippen LogP contribution in [0.15, 0.2) is 24.3 Å². The van der Waals surface area contributed by atoms with Crippen molar-refractivity contribution in [2.24, 2.45) is 0 Å². The highest BCUT2D eigenvalue weighted by molar-refractivity contribution is 6.21. The van der Waals surface area contributed by atoms with Crippen LogP contribution in [0, 0.1) is 0 Å². The number of imide groups is 1. The van der Waals surface area contributed by atoms with Crippen LogP contribution in [-0.2, 0) is 42.9 Å². The highest BCUT2D eigenvalue weighted by Crippen LogP contribution is 2.35. The Balaban J connectivity index is 2.11. The number of esters is 4. The predicted molar refractivity (Wildman–Crippen MR) is 109 cm³/mol. The topological polar surface area (TPSA) is 152 Å². The Kier molecular flexibility index (Phi) is 7.30. The fraction of sp³-hybridized carbons (Fsp3) is 0.455. The number of carbonyl (C=O) groups excluding carboxylic acids is 6. The van der Waals surface area contributed by atoms with Crippen LogP contribution in [0.2, 0.25) is 0 Å². The van der Waals surface area contributed by atoms with E-state index in [2.05, 4.69) is 0 Å². The minimum Gasteiger partial charge on any atom is -0.463 e. The minimum absolute atomic E-state index is 0.0849. The molecule has 12 heteroatoms. The van der Waals surface area contributed by atoms with Crippen molar-refractivity contribution in [3.8, 4) is 0 Å². The molecule has 3 rings (SSSR count). The summed E-state index contributed by atoms with van der Waals surface area (Å²) in [6.07, 6.45) is -5.81.